The van der Waals surface area contributed by atoms with E-state index in [1.54, 1.807) is 0 Å². The number of para-hydroxylation sites is 2. The molecule has 3 nitrogen and oxygen atoms in total. The van der Waals surface area contributed by atoms with Crippen LogP contribution in [0.25, 0.3) is 0 Å². The molecule has 1 atom stereocenters. The lowest BCUT2D eigenvalue weighted by Crippen LogP contribution is -2.46. The van der Waals surface area contributed by atoms with E-state index in [1.165, 1.54) is 5.69 Å². The summed E-state index contributed by atoms with van der Waals surface area (Å²) in [6.45, 7) is 0. The fourth-order valence-electron chi connectivity index (χ4n) is 4.30. The first-order valence-corrected chi connectivity index (χ1v) is 10.5. The average Bonchev–Trinajstić information content (AvgIpc) is 2.84. The Kier molecular flexibility index (Phi) is 4.79. The van der Waals surface area contributed by atoms with Gasteiger partial charge in [0.1, 0.15) is 5.54 Å². The lowest BCUT2D eigenvalue weighted by Gasteiger charge is -2.41. The third-order valence-corrected chi connectivity index (χ3v) is 5.88. The fourth-order valence-corrected chi connectivity index (χ4v) is 4.30. The number of anilines is 2. The molecule has 4 aromatic carbocycles. The summed E-state index contributed by atoms with van der Waals surface area (Å²) in [5, 5.41) is 3.90. The minimum atomic E-state index is -0.609. The van der Waals surface area contributed by atoms with Crippen molar-refractivity contribution in [1.29, 1.82) is 0 Å². The van der Waals surface area contributed by atoms with Gasteiger partial charge < -0.3 is 10.2 Å². The molecule has 31 heavy (non-hydrogen) atoms. The minimum Gasteiger partial charge on any atom is -0.378 e. The molecule has 0 saturated heterocycles. The highest BCUT2D eigenvalue weighted by Crippen LogP contribution is 2.44. The monoisotopic (exact) mass is 403 g/mol. The van der Waals surface area contributed by atoms with Crippen molar-refractivity contribution >= 4 is 22.8 Å². The molecule has 0 radical (unpaired) electrons. The predicted octanol–water partition coefficient (Wildman–Crippen LogP) is 6.24. The van der Waals surface area contributed by atoms with Gasteiger partial charge in [0.05, 0.1) is 17.1 Å². The fraction of sp³-hybridized carbons (Fsp3) is 0.107. The number of nitrogens with one attached hydrogen (secondary N) is 1. The van der Waals surface area contributed by atoms with E-state index in [0.29, 0.717) is 0 Å². The molecule has 0 saturated carbocycles. The number of nitrogens with zero attached hydrogens (tertiary/aromatic N) is 2. The summed E-state index contributed by atoms with van der Waals surface area (Å²) in [5.41, 5.74) is 6.95. The normalized spacial score (nSPS) is 17.3. The summed E-state index contributed by atoms with van der Waals surface area (Å²) in [7, 11) is 4.13. The average molecular weight is 404 g/mol. The van der Waals surface area contributed by atoms with Crippen LogP contribution in [0.3, 0.4) is 0 Å². The van der Waals surface area contributed by atoms with Crippen LogP contribution in [0.2, 0.25) is 0 Å². The molecule has 1 heterocycles. The van der Waals surface area contributed by atoms with Gasteiger partial charge in [-0.2, -0.15) is 0 Å². The number of hydrogen-bond donors (Lipinski definition) is 1. The van der Waals surface area contributed by atoms with Crippen molar-refractivity contribution in [2.45, 2.75) is 5.54 Å². The maximum Gasteiger partial charge on any atom is 0.132 e. The van der Waals surface area contributed by atoms with Crippen molar-refractivity contribution in [2.24, 2.45) is 4.99 Å². The second-order valence-corrected chi connectivity index (χ2v) is 8.03. The van der Waals surface area contributed by atoms with Gasteiger partial charge in [-0.05, 0) is 41.0 Å². The summed E-state index contributed by atoms with van der Waals surface area (Å²) >= 11 is 0. The molecule has 4 aromatic rings. The quantitative estimate of drug-likeness (QED) is 0.437. The van der Waals surface area contributed by atoms with Crippen LogP contribution in [0, 0.1) is 0 Å². The summed E-state index contributed by atoms with van der Waals surface area (Å²) in [5.74, 6) is 0. The molecule has 152 valence electrons. The van der Waals surface area contributed by atoms with E-state index >= 15 is 0 Å². The van der Waals surface area contributed by atoms with Crippen LogP contribution < -0.4 is 10.2 Å². The van der Waals surface area contributed by atoms with E-state index in [1.807, 2.05) is 12.1 Å². The lowest BCUT2D eigenvalue weighted by molar-refractivity contribution is 0.783. The molecule has 1 aliphatic heterocycles. The van der Waals surface area contributed by atoms with Crippen molar-refractivity contribution in [1.82, 2.24) is 0 Å². The summed E-state index contributed by atoms with van der Waals surface area (Å²) in [6, 6.07) is 38.1. The Morgan fingerprint density at radius 1 is 0.645 bits per heavy atom. The van der Waals surface area contributed by atoms with E-state index in [-0.39, 0.29) is 0 Å². The topological polar surface area (TPSA) is 27.6 Å². The van der Waals surface area contributed by atoms with Gasteiger partial charge in [-0.3, -0.25) is 0 Å². The Hall–Kier alpha value is -3.85. The molecule has 0 bridgehead atoms. The van der Waals surface area contributed by atoms with Gasteiger partial charge in [-0.25, -0.2) is 4.99 Å². The minimum absolute atomic E-state index is 0.609. The van der Waals surface area contributed by atoms with E-state index in [2.05, 4.69) is 121 Å². The Morgan fingerprint density at radius 2 is 1.23 bits per heavy atom. The molecule has 0 aromatic heterocycles. The van der Waals surface area contributed by atoms with Gasteiger partial charge in [-0.1, -0.05) is 84.9 Å². The standard InChI is InChI=1S/C28H25N3/c1-31(2)24-19-17-23(18-20-24)28(22-13-7-4-8-14-22)27(21-11-5-3-6-12-21)29-25-15-9-10-16-26(25)30-28/h3-20,30H,1-2H3/t28-/m1/s1. The van der Waals surface area contributed by atoms with Crippen molar-refractivity contribution < 1.29 is 0 Å². The highest BCUT2D eigenvalue weighted by Gasteiger charge is 2.43. The van der Waals surface area contributed by atoms with Crippen LogP contribution in [-0.4, -0.2) is 19.8 Å². The van der Waals surface area contributed by atoms with Crippen LogP contribution in [-0.2, 0) is 5.54 Å². The number of aliphatic imine (C=N–C) groups is 1. The van der Waals surface area contributed by atoms with Crippen LogP contribution in [0.5, 0.6) is 0 Å². The van der Waals surface area contributed by atoms with Gasteiger partial charge in [0.15, 0.2) is 0 Å². The van der Waals surface area contributed by atoms with E-state index in [9.17, 15) is 0 Å². The number of fused-ring (bicyclic) bond motifs is 1. The summed E-state index contributed by atoms with van der Waals surface area (Å²) in [6.07, 6.45) is 0. The summed E-state index contributed by atoms with van der Waals surface area (Å²) in [4.78, 5) is 7.34. The lowest BCUT2D eigenvalue weighted by atomic mass is 9.75. The zero-order valence-corrected chi connectivity index (χ0v) is 17.8. The smallest absolute Gasteiger partial charge is 0.132 e. The van der Waals surface area contributed by atoms with Gasteiger partial charge >= 0.3 is 0 Å². The molecule has 0 fully saturated rings. The highest BCUT2D eigenvalue weighted by molar-refractivity contribution is 6.15. The van der Waals surface area contributed by atoms with Crippen LogP contribution >= 0.6 is 0 Å². The van der Waals surface area contributed by atoms with Gasteiger partial charge in [-0.15, -0.1) is 0 Å². The largest absolute Gasteiger partial charge is 0.378 e. The highest BCUT2D eigenvalue weighted by atomic mass is 15.1. The van der Waals surface area contributed by atoms with Crippen molar-refractivity contribution in [3.8, 4) is 0 Å². The van der Waals surface area contributed by atoms with Crippen molar-refractivity contribution in [3.63, 3.8) is 0 Å². The third-order valence-electron chi connectivity index (χ3n) is 5.88. The number of benzene rings is 4. The second kappa shape index (κ2) is 7.77. The molecule has 0 unspecified atom stereocenters. The maximum atomic E-state index is 5.22. The Morgan fingerprint density at radius 3 is 1.90 bits per heavy atom. The molecule has 0 aliphatic carbocycles. The van der Waals surface area contributed by atoms with Crippen LogP contribution in [0.15, 0.2) is 114 Å². The molecule has 1 N–H and O–H groups in total. The molecule has 0 spiro atoms. The molecule has 3 heteroatoms. The Balaban J connectivity index is 1.82. The first kappa shape index (κ1) is 19.1. The maximum absolute atomic E-state index is 5.22. The molecular weight excluding hydrogens is 378 g/mol. The molecular formula is C28H25N3. The van der Waals surface area contributed by atoms with Crippen LogP contribution in [0.1, 0.15) is 16.7 Å². The predicted molar refractivity (Wildman–Crippen MR) is 131 cm³/mol. The van der Waals surface area contributed by atoms with Gasteiger partial charge in [0.25, 0.3) is 0 Å². The number of hydrogen-bond acceptors (Lipinski definition) is 3. The molecule has 1 aliphatic rings. The molecule has 5 rings (SSSR count). The Labute approximate surface area is 183 Å². The van der Waals surface area contributed by atoms with E-state index in [4.69, 9.17) is 4.99 Å². The van der Waals surface area contributed by atoms with Gasteiger partial charge in [0, 0.05) is 19.8 Å². The van der Waals surface area contributed by atoms with E-state index in [0.717, 1.165) is 33.8 Å². The zero-order chi connectivity index (χ0) is 21.3. The molecule has 0 amide bonds. The van der Waals surface area contributed by atoms with Gasteiger partial charge in [0.2, 0.25) is 0 Å². The first-order chi connectivity index (χ1) is 15.2. The van der Waals surface area contributed by atoms with Crippen molar-refractivity contribution in [3.05, 3.63) is 126 Å². The van der Waals surface area contributed by atoms with Crippen molar-refractivity contribution in [2.75, 3.05) is 24.3 Å². The second-order valence-electron chi connectivity index (χ2n) is 8.03. The van der Waals surface area contributed by atoms with E-state index < -0.39 is 5.54 Å². The first-order valence-electron chi connectivity index (χ1n) is 10.5. The summed E-state index contributed by atoms with van der Waals surface area (Å²) < 4.78 is 0. The SMILES string of the molecule is CN(C)c1ccc([C@@]2(c3ccccc3)Nc3ccccc3N=C2c2ccccc2)cc1. The number of rotatable bonds is 4. The Bertz CT molecular complexity index is 1210. The zero-order valence-electron chi connectivity index (χ0n) is 17.8. The van der Waals surface area contributed by atoms with Crippen LogP contribution in [0.4, 0.5) is 17.1 Å². The third kappa shape index (κ3) is 3.28.